The number of aryl methyl sites for hydroxylation is 1. The minimum atomic E-state index is -0.399. The maximum atomic E-state index is 11.5. The first-order valence-corrected chi connectivity index (χ1v) is 5.37. The Labute approximate surface area is 95.0 Å². The Morgan fingerprint density at radius 1 is 1.69 bits per heavy atom. The van der Waals surface area contributed by atoms with Crippen LogP contribution in [0.3, 0.4) is 0 Å². The van der Waals surface area contributed by atoms with E-state index in [-0.39, 0.29) is 5.91 Å². The van der Waals surface area contributed by atoms with E-state index in [1.54, 1.807) is 11.6 Å². The molecule has 0 spiro atoms. The quantitative estimate of drug-likeness (QED) is 0.735. The average Bonchev–Trinajstić information content (AvgIpc) is 2.65. The summed E-state index contributed by atoms with van der Waals surface area (Å²) in [5.74, 6) is 0.758. The van der Waals surface area contributed by atoms with Gasteiger partial charge in [-0.1, -0.05) is 0 Å². The molecule has 1 amide bonds. The number of ether oxygens (including phenoxy) is 1. The van der Waals surface area contributed by atoms with E-state index in [2.05, 4.69) is 15.4 Å². The monoisotopic (exact) mass is 226 g/mol. The van der Waals surface area contributed by atoms with E-state index in [1.807, 2.05) is 14.0 Å². The van der Waals surface area contributed by atoms with Gasteiger partial charge >= 0.3 is 0 Å². The minimum Gasteiger partial charge on any atom is -0.369 e. The van der Waals surface area contributed by atoms with Crippen LogP contribution >= 0.6 is 0 Å². The summed E-state index contributed by atoms with van der Waals surface area (Å²) < 4.78 is 6.86. The predicted molar refractivity (Wildman–Crippen MR) is 58.8 cm³/mol. The van der Waals surface area contributed by atoms with Crippen molar-refractivity contribution >= 4 is 5.91 Å². The second-order valence-corrected chi connectivity index (χ2v) is 3.44. The van der Waals surface area contributed by atoms with Crippen molar-refractivity contribution in [1.82, 2.24) is 20.1 Å². The highest BCUT2D eigenvalue weighted by molar-refractivity contribution is 5.80. The molecule has 6 heteroatoms. The fourth-order valence-corrected chi connectivity index (χ4v) is 1.31. The molecule has 0 bridgehead atoms. The van der Waals surface area contributed by atoms with E-state index in [9.17, 15) is 4.79 Å². The molecular formula is C10H18N4O2. The molecule has 0 aromatic carbocycles. The molecule has 1 N–H and O–H groups in total. The van der Waals surface area contributed by atoms with E-state index in [0.717, 1.165) is 5.82 Å². The number of aromatic nitrogens is 3. The van der Waals surface area contributed by atoms with Crippen LogP contribution in [0.4, 0.5) is 0 Å². The Bertz CT molecular complexity index is 337. The molecule has 0 unspecified atom stereocenters. The Hall–Kier alpha value is -1.43. The number of amides is 1. The Morgan fingerprint density at radius 3 is 3.00 bits per heavy atom. The predicted octanol–water partition coefficient (Wildman–Crippen LogP) is -0.101. The summed E-state index contributed by atoms with van der Waals surface area (Å²) >= 11 is 0. The van der Waals surface area contributed by atoms with Crippen LogP contribution in [0, 0.1) is 0 Å². The Kier molecular flexibility index (Phi) is 4.91. The molecule has 0 saturated carbocycles. The molecule has 16 heavy (non-hydrogen) atoms. The molecule has 1 rings (SSSR count). The lowest BCUT2D eigenvalue weighted by Gasteiger charge is -2.11. The summed E-state index contributed by atoms with van der Waals surface area (Å²) in [6, 6.07) is 0. The summed E-state index contributed by atoms with van der Waals surface area (Å²) in [4.78, 5) is 15.5. The van der Waals surface area contributed by atoms with Gasteiger partial charge in [-0.2, -0.15) is 5.10 Å². The molecule has 0 fully saturated rings. The van der Waals surface area contributed by atoms with E-state index in [0.29, 0.717) is 19.6 Å². The average molecular weight is 226 g/mol. The number of carbonyl (C=O) groups excluding carboxylic acids is 1. The van der Waals surface area contributed by atoms with Gasteiger partial charge in [0.15, 0.2) is 0 Å². The van der Waals surface area contributed by atoms with Gasteiger partial charge in [0, 0.05) is 26.6 Å². The van der Waals surface area contributed by atoms with Crippen LogP contribution in [0.15, 0.2) is 6.33 Å². The van der Waals surface area contributed by atoms with Gasteiger partial charge in [-0.05, 0) is 13.8 Å². The third kappa shape index (κ3) is 3.62. The second kappa shape index (κ2) is 6.22. The normalized spacial score (nSPS) is 12.4. The van der Waals surface area contributed by atoms with E-state index >= 15 is 0 Å². The number of nitrogens with zero attached hydrogens (tertiary/aromatic N) is 3. The maximum Gasteiger partial charge on any atom is 0.248 e. The zero-order valence-electron chi connectivity index (χ0n) is 9.93. The van der Waals surface area contributed by atoms with Crippen molar-refractivity contribution in [2.75, 3.05) is 13.2 Å². The minimum absolute atomic E-state index is 0.0935. The van der Waals surface area contributed by atoms with Gasteiger partial charge in [-0.3, -0.25) is 9.48 Å². The van der Waals surface area contributed by atoms with Gasteiger partial charge in [0.2, 0.25) is 5.91 Å². The van der Waals surface area contributed by atoms with E-state index in [4.69, 9.17) is 4.74 Å². The second-order valence-electron chi connectivity index (χ2n) is 3.44. The molecule has 1 atom stereocenters. The van der Waals surface area contributed by atoms with Crippen molar-refractivity contribution in [3.8, 4) is 0 Å². The molecule has 1 aromatic heterocycles. The van der Waals surface area contributed by atoms with E-state index < -0.39 is 6.10 Å². The first kappa shape index (κ1) is 12.6. The molecule has 0 saturated heterocycles. The summed E-state index contributed by atoms with van der Waals surface area (Å²) in [5, 5.41) is 6.73. The first-order chi connectivity index (χ1) is 7.65. The molecule has 0 radical (unpaired) electrons. The van der Waals surface area contributed by atoms with Gasteiger partial charge in [0.05, 0.1) is 0 Å². The molecule has 0 aliphatic carbocycles. The van der Waals surface area contributed by atoms with Crippen LogP contribution < -0.4 is 5.32 Å². The number of rotatable bonds is 6. The zero-order chi connectivity index (χ0) is 12.0. The third-order valence-electron chi connectivity index (χ3n) is 2.24. The van der Waals surface area contributed by atoms with Crippen LogP contribution in [-0.4, -0.2) is 39.9 Å². The lowest BCUT2D eigenvalue weighted by atomic mass is 10.3. The Morgan fingerprint density at radius 2 is 2.44 bits per heavy atom. The molecule has 90 valence electrons. The molecule has 1 heterocycles. The fourth-order valence-electron chi connectivity index (χ4n) is 1.31. The third-order valence-corrected chi connectivity index (χ3v) is 2.24. The smallest absolute Gasteiger partial charge is 0.248 e. The van der Waals surface area contributed by atoms with Crippen LogP contribution in [0.25, 0.3) is 0 Å². The van der Waals surface area contributed by atoms with Crippen LogP contribution in [0.5, 0.6) is 0 Å². The topological polar surface area (TPSA) is 69.0 Å². The van der Waals surface area contributed by atoms with Crippen molar-refractivity contribution in [2.24, 2.45) is 7.05 Å². The van der Waals surface area contributed by atoms with Crippen LogP contribution in [-0.2, 0) is 23.0 Å². The van der Waals surface area contributed by atoms with Crippen molar-refractivity contribution in [3.63, 3.8) is 0 Å². The largest absolute Gasteiger partial charge is 0.369 e. The summed E-state index contributed by atoms with van der Waals surface area (Å²) in [5.41, 5.74) is 0. The highest BCUT2D eigenvalue weighted by atomic mass is 16.5. The fraction of sp³-hybridized carbons (Fsp3) is 0.700. The number of carbonyl (C=O) groups is 1. The van der Waals surface area contributed by atoms with E-state index in [1.165, 1.54) is 6.33 Å². The van der Waals surface area contributed by atoms with Crippen molar-refractivity contribution in [2.45, 2.75) is 26.4 Å². The van der Waals surface area contributed by atoms with Crippen molar-refractivity contribution < 1.29 is 9.53 Å². The highest BCUT2D eigenvalue weighted by Crippen LogP contribution is 1.93. The molecule has 0 aliphatic rings. The number of hydrogen-bond acceptors (Lipinski definition) is 4. The highest BCUT2D eigenvalue weighted by Gasteiger charge is 2.11. The lowest BCUT2D eigenvalue weighted by Crippen LogP contribution is -2.35. The Balaban J connectivity index is 2.25. The molecule has 0 aliphatic heterocycles. The summed E-state index contributed by atoms with van der Waals surface area (Å²) in [6.07, 6.45) is 1.77. The van der Waals surface area contributed by atoms with Gasteiger partial charge < -0.3 is 10.1 Å². The van der Waals surface area contributed by atoms with Crippen molar-refractivity contribution in [3.05, 3.63) is 12.2 Å². The van der Waals surface area contributed by atoms with Crippen molar-refractivity contribution in [1.29, 1.82) is 0 Å². The lowest BCUT2D eigenvalue weighted by molar-refractivity contribution is -0.131. The maximum absolute atomic E-state index is 11.5. The SMILES string of the molecule is CCO[C@@H](C)C(=O)NCCc1ncnn1C. The first-order valence-electron chi connectivity index (χ1n) is 5.37. The molecular weight excluding hydrogens is 208 g/mol. The standard InChI is InChI=1S/C10H18N4O2/c1-4-16-8(2)10(15)11-6-5-9-12-7-13-14(9)3/h7-8H,4-6H2,1-3H3,(H,11,15)/t8-/m0/s1. The number of nitrogens with one attached hydrogen (secondary N) is 1. The molecule has 1 aromatic rings. The van der Waals surface area contributed by atoms with Gasteiger partial charge in [0.1, 0.15) is 18.3 Å². The molecule has 6 nitrogen and oxygen atoms in total. The van der Waals surface area contributed by atoms with Gasteiger partial charge in [-0.15, -0.1) is 0 Å². The van der Waals surface area contributed by atoms with Gasteiger partial charge in [-0.25, -0.2) is 4.98 Å². The van der Waals surface area contributed by atoms with Gasteiger partial charge in [0.25, 0.3) is 0 Å². The summed E-state index contributed by atoms with van der Waals surface area (Å²) in [6.45, 7) is 4.69. The number of hydrogen-bond donors (Lipinski definition) is 1. The van der Waals surface area contributed by atoms with Crippen LogP contribution in [0.1, 0.15) is 19.7 Å². The zero-order valence-corrected chi connectivity index (χ0v) is 9.93. The van der Waals surface area contributed by atoms with Crippen LogP contribution in [0.2, 0.25) is 0 Å². The summed E-state index contributed by atoms with van der Waals surface area (Å²) in [7, 11) is 1.83.